The second kappa shape index (κ2) is 6.15. The van der Waals surface area contributed by atoms with Gasteiger partial charge in [0.1, 0.15) is 22.5 Å². The average Bonchev–Trinajstić information content (AvgIpc) is 3.02. The Kier molecular flexibility index (Phi) is 4.23. The highest BCUT2D eigenvalue weighted by Gasteiger charge is 2.13. The van der Waals surface area contributed by atoms with E-state index in [2.05, 4.69) is 32.5 Å². The van der Waals surface area contributed by atoms with Gasteiger partial charge in [-0.05, 0) is 31.6 Å². The summed E-state index contributed by atoms with van der Waals surface area (Å²) in [7, 11) is 0. The molecule has 0 aliphatic rings. The quantitative estimate of drug-likeness (QED) is 0.426. The summed E-state index contributed by atoms with van der Waals surface area (Å²) in [6.07, 6.45) is 2.95. The van der Waals surface area contributed by atoms with Crippen molar-refractivity contribution in [3.05, 3.63) is 27.9 Å². The highest BCUT2D eigenvalue weighted by atomic mass is 32.2. The van der Waals surface area contributed by atoms with Crippen LogP contribution in [0.4, 0.5) is 0 Å². The maximum absolute atomic E-state index is 12.0. The fourth-order valence-electron chi connectivity index (χ4n) is 1.89. The molecular formula is C12H12N6OS3. The minimum Gasteiger partial charge on any atom is -0.272 e. The fraction of sp³-hybridized carbons (Fsp3) is 0.250. The lowest BCUT2D eigenvalue weighted by Crippen LogP contribution is -2.24. The third-order valence-corrected chi connectivity index (χ3v) is 5.46. The number of thioether (sulfide) groups is 1. The lowest BCUT2D eigenvalue weighted by molar-refractivity contribution is -0.114. The van der Waals surface area contributed by atoms with E-state index in [0.717, 1.165) is 15.2 Å². The van der Waals surface area contributed by atoms with Crippen LogP contribution in [0.25, 0.3) is 10.2 Å². The molecule has 0 fully saturated rings. The van der Waals surface area contributed by atoms with Crippen molar-refractivity contribution in [2.45, 2.75) is 18.9 Å². The SMILES string of the molecule is Cc1sc2ncnc(SCC(=O)Nn3cn[nH]c3=S)c2c1C. The van der Waals surface area contributed by atoms with Gasteiger partial charge in [-0.3, -0.25) is 15.3 Å². The Balaban J connectivity index is 1.75. The maximum Gasteiger partial charge on any atom is 0.249 e. The van der Waals surface area contributed by atoms with Crippen LogP contribution >= 0.6 is 35.3 Å². The van der Waals surface area contributed by atoms with Crippen LogP contribution in [0.1, 0.15) is 10.4 Å². The van der Waals surface area contributed by atoms with Gasteiger partial charge in [0.05, 0.1) is 5.75 Å². The zero-order valence-corrected chi connectivity index (χ0v) is 14.2. The van der Waals surface area contributed by atoms with Crippen LogP contribution in [0.5, 0.6) is 0 Å². The molecule has 10 heteroatoms. The molecule has 0 aromatic carbocycles. The van der Waals surface area contributed by atoms with Gasteiger partial charge in [0, 0.05) is 10.3 Å². The number of aromatic amines is 1. The minimum atomic E-state index is -0.182. The lowest BCUT2D eigenvalue weighted by Gasteiger charge is -2.05. The van der Waals surface area contributed by atoms with Crippen molar-refractivity contribution >= 4 is 51.4 Å². The van der Waals surface area contributed by atoms with E-state index in [1.165, 1.54) is 39.5 Å². The number of nitrogens with one attached hydrogen (secondary N) is 2. The number of H-pyrrole nitrogens is 1. The summed E-state index contributed by atoms with van der Waals surface area (Å²) in [6, 6.07) is 0. The van der Waals surface area contributed by atoms with E-state index in [1.54, 1.807) is 11.3 Å². The van der Waals surface area contributed by atoms with Gasteiger partial charge in [-0.1, -0.05) is 11.8 Å². The molecule has 0 radical (unpaired) electrons. The third kappa shape index (κ3) is 2.89. The van der Waals surface area contributed by atoms with Crippen LogP contribution in [-0.2, 0) is 4.79 Å². The topological polar surface area (TPSA) is 88.5 Å². The van der Waals surface area contributed by atoms with Crippen molar-refractivity contribution in [3.8, 4) is 0 Å². The monoisotopic (exact) mass is 352 g/mol. The molecular weight excluding hydrogens is 340 g/mol. The number of amides is 1. The molecule has 0 atom stereocenters. The van der Waals surface area contributed by atoms with Crippen LogP contribution < -0.4 is 5.43 Å². The second-order valence-corrected chi connectivity index (χ2v) is 7.05. The van der Waals surface area contributed by atoms with Crippen LogP contribution in [0.2, 0.25) is 0 Å². The summed E-state index contributed by atoms with van der Waals surface area (Å²) in [5, 5.41) is 8.16. The van der Waals surface area contributed by atoms with E-state index in [4.69, 9.17) is 12.2 Å². The van der Waals surface area contributed by atoms with Crippen molar-refractivity contribution in [1.29, 1.82) is 0 Å². The number of hydrogen-bond donors (Lipinski definition) is 2. The number of aromatic nitrogens is 5. The van der Waals surface area contributed by atoms with Gasteiger partial charge < -0.3 is 0 Å². The van der Waals surface area contributed by atoms with Crippen molar-refractivity contribution in [2.75, 3.05) is 11.2 Å². The molecule has 3 heterocycles. The summed E-state index contributed by atoms with van der Waals surface area (Å²) < 4.78 is 1.71. The number of thiophene rings is 1. The Morgan fingerprint density at radius 3 is 3.05 bits per heavy atom. The molecule has 0 saturated heterocycles. The first-order valence-electron chi connectivity index (χ1n) is 6.31. The number of hydrogen-bond acceptors (Lipinski definition) is 7. The molecule has 22 heavy (non-hydrogen) atoms. The van der Waals surface area contributed by atoms with E-state index in [1.807, 2.05) is 6.92 Å². The summed E-state index contributed by atoms with van der Waals surface area (Å²) in [4.78, 5) is 22.7. The molecule has 0 saturated carbocycles. The van der Waals surface area contributed by atoms with E-state index in [0.29, 0.717) is 4.77 Å². The minimum absolute atomic E-state index is 0.182. The van der Waals surface area contributed by atoms with E-state index < -0.39 is 0 Å². The molecule has 3 aromatic rings. The Hall–Kier alpha value is -1.78. The summed E-state index contributed by atoms with van der Waals surface area (Å²) in [6.45, 7) is 4.11. The van der Waals surface area contributed by atoms with Gasteiger partial charge in [0.2, 0.25) is 10.7 Å². The van der Waals surface area contributed by atoms with E-state index in [9.17, 15) is 4.79 Å². The van der Waals surface area contributed by atoms with Crippen molar-refractivity contribution in [1.82, 2.24) is 24.8 Å². The average molecular weight is 352 g/mol. The van der Waals surface area contributed by atoms with E-state index in [-0.39, 0.29) is 11.7 Å². The van der Waals surface area contributed by atoms with E-state index >= 15 is 0 Å². The molecule has 3 aromatic heterocycles. The van der Waals surface area contributed by atoms with Gasteiger partial charge >= 0.3 is 0 Å². The van der Waals surface area contributed by atoms with Crippen LogP contribution in [0, 0.1) is 18.6 Å². The van der Waals surface area contributed by atoms with Crippen LogP contribution in [0.15, 0.2) is 17.7 Å². The molecule has 1 amide bonds. The number of carbonyl (C=O) groups is 1. The Morgan fingerprint density at radius 2 is 2.32 bits per heavy atom. The zero-order chi connectivity index (χ0) is 15.7. The molecule has 0 aliphatic carbocycles. The fourth-order valence-corrected chi connectivity index (χ4v) is 3.94. The summed E-state index contributed by atoms with van der Waals surface area (Å²) in [5.74, 6) is 0.0480. The summed E-state index contributed by atoms with van der Waals surface area (Å²) in [5.41, 5.74) is 3.81. The highest BCUT2D eigenvalue weighted by Crippen LogP contribution is 2.34. The maximum atomic E-state index is 12.0. The summed E-state index contributed by atoms with van der Waals surface area (Å²) >= 11 is 7.99. The Bertz CT molecular complexity index is 896. The smallest absolute Gasteiger partial charge is 0.249 e. The number of nitrogens with zero attached hydrogens (tertiary/aromatic N) is 4. The second-order valence-electron chi connectivity index (χ2n) is 4.50. The van der Waals surface area contributed by atoms with Gasteiger partial charge in [-0.15, -0.1) is 11.3 Å². The molecule has 0 bridgehead atoms. The number of fused-ring (bicyclic) bond motifs is 1. The zero-order valence-electron chi connectivity index (χ0n) is 11.8. The van der Waals surface area contributed by atoms with Gasteiger partial charge in [0.25, 0.3) is 0 Å². The molecule has 0 spiro atoms. The van der Waals surface area contributed by atoms with Crippen molar-refractivity contribution in [3.63, 3.8) is 0 Å². The molecule has 114 valence electrons. The predicted octanol–water partition coefficient (Wildman–Crippen LogP) is 2.42. The van der Waals surface area contributed by atoms with Crippen molar-refractivity contribution in [2.24, 2.45) is 0 Å². The first-order valence-corrected chi connectivity index (χ1v) is 8.52. The molecule has 0 unspecified atom stereocenters. The van der Waals surface area contributed by atoms with Gasteiger partial charge in [-0.2, -0.15) is 5.10 Å². The van der Waals surface area contributed by atoms with Crippen LogP contribution in [-0.4, -0.2) is 36.5 Å². The molecule has 3 rings (SSSR count). The van der Waals surface area contributed by atoms with Crippen LogP contribution in [0.3, 0.4) is 0 Å². The normalized spacial score (nSPS) is 11.0. The molecule has 7 nitrogen and oxygen atoms in total. The highest BCUT2D eigenvalue weighted by molar-refractivity contribution is 8.00. The number of carbonyl (C=O) groups excluding carboxylic acids is 1. The Morgan fingerprint density at radius 1 is 1.50 bits per heavy atom. The first-order chi connectivity index (χ1) is 10.6. The number of aryl methyl sites for hydroxylation is 2. The van der Waals surface area contributed by atoms with Gasteiger partial charge in [0.15, 0.2) is 0 Å². The Labute approximate surface area is 139 Å². The standard InChI is InChI=1S/C12H12N6OS3/c1-6-7(2)22-11-9(6)10(13-4-14-11)21-3-8(19)17-18-5-15-16-12(18)20/h4-5H,3H2,1-2H3,(H,16,20)(H,17,19). The lowest BCUT2D eigenvalue weighted by atomic mass is 10.2. The first kappa shape index (κ1) is 15.1. The van der Waals surface area contributed by atoms with Gasteiger partial charge in [-0.25, -0.2) is 14.6 Å². The largest absolute Gasteiger partial charge is 0.272 e. The third-order valence-electron chi connectivity index (χ3n) is 3.07. The predicted molar refractivity (Wildman–Crippen MR) is 89.4 cm³/mol. The molecule has 2 N–H and O–H groups in total. The number of rotatable bonds is 4. The molecule has 0 aliphatic heterocycles. The van der Waals surface area contributed by atoms with Crippen molar-refractivity contribution < 1.29 is 4.79 Å².